The van der Waals surface area contributed by atoms with Crippen molar-refractivity contribution in [2.45, 2.75) is 12.5 Å². The Bertz CT molecular complexity index is 504. The Morgan fingerprint density at radius 1 is 1.50 bits per heavy atom. The summed E-state index contributed by atoms with van der Waals surface area (Å²) in [5.74, 6) is 0.861. The quantitative estimate of drug-likeness (QED) is 0.917. The average Bonchev–Trinajstić information content (AvgIpc) is 2.91. The second-order valence-electron chi connectivity index (χ2n) is 3.84. The molecule has 0 spiro atoms. The number of methoxy groups -OCH3 is 1. The van der Waals surface area contributed by atoms with E-state index in [4.69, 9.17) is 4.74 Å². The number of hydrogen-bond donors (Lipinski definition) is 1. The second-order valence-corrected chi connectivity index (χ2v) is 5.25. The summed E-state index contributed by atoms with van der Waals surface area (Å²) >= 11 is 4.79. The minimum Gasteiger partial charge on any atom is -0.497 e. The van der Waals surface area contributed by atoms with Crippen LogP contribution >= 0.6 is 27.7 Å². The maximum Gasteiger partial charge on any atom is 0.119 e. The van der Waals surface area contributed by atoms with E-state index in [-0.39, 0.29) is 6.04 Å². The van der Waals surface area contributed by atoms with Crippen molar-refractivity contribution in [3.05, 3.63) is 40.1 Å². The van der Waals surface area contributed by atoms with Gasteiger partial charge in [0.15, 0.2) is 0 Å². The zero-order chi connectivity index (χ0) is 13.0. The first kappa shape index (κ1) is 13.5. The van der Waals surface area contributed by atoms with E-state index in [1.54, 1.807) is 13.3 Å². The lowest BCUT2D eigenvalue weighted by Crippen LogP contribution is -2.19. The van der Waals surface area contributed by atoms with Gasteiger partial charge in [-0.05, 0) is 37.2 Å². The fourth-order valence-corrected chi connectivity index (χ4v) is 2.61. The Hall–Kier alpha value is -0.980. The molecule has 2 rings (SSSR count). The molecule has 18 heavy (non-hydrogen) atoms. The van der Waals surface area contributed by atoms with E-state index in [1.807, 2.05) is 25.2 Å². The van der Waals surface area contributed by atoms with Gasteiger partial charge in [0.2, 0.25) is 0 Å². The van der Waals surface area contributed by atoms with E-state index in [9.17, 15) is 0 Å². The van der Waals surface area contributed by atoms with Crippen LogP contribution in [0.2, 0.25) is 0 Å². The van der Waals surface area contributed by atoms with Gasteiger partial charge in [-0.25, -0.2) is 0 Å². The van der Waals surface area contributed by atoms with Crippen LogP contribution < -0.4 is 10.1 Å². The van der Waals surface area contributed by atoms with E-state index >= 15 is 0 Å². The fourth-order valence-electron chi connectivity index (χ4n) is 1.73. The van der Waals surface area contributed by atoms with Crippen molar-refractivity contribution in [3.63, 3.8) is 0 Å². The first-order valence-corrected chi connectivity index (χ1v) is 7.04. The first-order valence-electron chi connectivity index (χ1n) is 5.51. The van der Waals surface area contributed by atoms with Crippen LogP contribution in [-0.4, -0.2) is 22.9 Å². The van der Waals surface area contributed by atoms with Gasteiger partial charge in [-0.1, -0.05) is 15.9 Å². The number of ether oxygens (including phenoxy) is 1. The number of likely N-dealkylation sites (N-methyl/N-ethyl adjacent to an activating group) is 1. The highest BCUT2D eigenvalue weighted by atomic mass is 79.9. The molecule has 1 aromatic carbocycles. The summed E-state index contributed by atoms with van der Waals surface area (Å²) < 4.78 is 14.6. The Morgan fingerprint density at radius 2 is 2.33 bits per heavy atom. The van der Waals surface area contributed by atoms with Crippen LogP contribution in [0.25, 0.3) is 0 Å². The smallest absolute Gasteiger partial charge is 0.119 e. The van der Waals surface area contributed by atoms with Crippen LogP contribution in [0.5, 0.6) is 5.75 Å². The van der Waals surface area contributed by atoms with E-state index in [0.29, 0.717) is 0 Å². The van der Waals surface area contributed by atoms with Crippen LogP contribution in [0.3, 0.4) is 0 Å². The molecule has 1 heterocycles. The lowest BCUT2D eigenvalue weighted by Gasteiger charge is -2.15. The number of aromatic nitrogens is 2. The molecular formula is C12H14BrN3OS. The van der Waals surface area contributed by atoms with E-state index in [1.165, 1.54) is 17.3 Å². The third-order valence-electron chi connectivity index (χ3n) is 2.76. The zero-order valence-corrected chi connectivity index (χ0v) is 12.6. The highest BCUT2D eigenvalue weighted by Gasteiger charge is 2.15. The van der Waals surface area contributed by atoms with Crippen molar-refractivity contribution in [3.8, 4) is 5.75 Å². The molecule has 2 aromatic rings. The highest BCUT2D eigenvalue weighted by molar-refractivity contribution is 9.10. The van der Waals surface area contributed by atoms with Crippen molar-refractivity contribution in [2.75, 3.05) is 14.2 Å². The molecule has 0 bridgehead atoms. The molecule has 0 aliphatic heterocycles. The van der Waals surface area contributed by atoms with Gasteiger partial charge in [-0.15, -0.1) is 0 Å². The van der Waals surface area contributed by atoms with Gasteiger partial charge in [-0.3, -0.25) is 0 Å². The molecule has 0 fully saturated rings. The van der Waals surface area contributed by atoms with Crippen molar-refractivity contribution in [1.82, 2.24) is 14.1 Å². The van der Waals surface area contributed by atoms with Gasteiger partial charge >= 0.3 is 0 Å². The molecule has 0 aliphatic carbocycles. The molecule has 0 saturated carbocycles. The van der Waals surface area contributed by atoms with Crippen molar-refractivity contribution in [1.29, 1.82) is 0 Å². The molecule has 4 nitrogen and oxygen atoms in total. The second kappa shape index (κ2) is 6.26. The molecule has 0 saturated heterocycles. The average molecular weight is 328 g/mol. The summed E-state index contributed by atoms with van der Waals surface area (Å²) in [6.07, 6.45) is 2.64. The van der Waals surface area contributed by atoms with Crippen molar-refractivity contribution in [2.24, 2.45) is 0 Å². The highest BCUT2D eigenvalue weighted by Crippen LogP contribution is 2.26. The molecule has 1 atom stereocenters. The molecule has 1 aromatic heterocycles. The van der Waals surface area contributed by atoms with Crippen LogP contribution in [0, 0.1) is 0 Å². The zero-order valence-electron chi connectivity index (χ0n) is 10.2. The number of halogens is 1. The fraction of sp³-hybridized carbons (Fsp3) is 0.333. The topological polar surface area (TPSA) is 47.0 Å². The van der Waals surface area contributed by atoms with Crippen LogP contribution in [0.4, 0.5) is 0 Å². The van der Waals surface area contributed by atoms with Gasteiger partial charge in [-0.2, -0.15) is 8.75 Å². The monoisotopic (exact) mass is 327 g/mol. The molecule has 96 valence electrons. The maximum absolute atomic E-state index is 5.25. The summed E-state index contributed by atoms with van der Waals surface area (Å²) in [4.78, 5) is 0. The minimum atomic E-state index is 0.159. The summed E-state index contributed by atoms with van der Waals surface area (Å²) in [5, 5.41) is 3.26. The maximum atomic E-state index is 5.25. The van der Waals surface area contributed by atoms with Crippen LogP contribution in [0.1, 0.15) is 17.3 Å². The Kier molecular flexibility index (Phi) is 4.68. The minimum absolute atomic E-state index is 0.159. The lowest BCUT2D eigenvalue weighted by molar-refractivity contribution is 0.413. The normalized spacial score (nSPS) is 12.4. The molecule has 1 unspecified atom stereocenters. The molecule has 0 aliphatic rings. The van der Waals surface area contributed by atoms with Gasteiger partial charge in [0, 0.05) is 4.47 Å². The molecule has 1 N–H and O–H groups in total. The SMILES string of the molecule is CNC(Cc1cc(OC)ccc1Br)c1cnsn1. The standard InChI is InChI=1S/C12H14BrN3OS/c1-14-11(12-7-15-18-16-12)6-8-5-9(17-2)3-4-10(8)13/h3-5,7,11,14H,6H2,1-2H3. The van der Waals surface area contributed by atoms with E-state index in [0.717, 1.165) is 22.3 Å². The number of hydrogen-bond acceptors (Lipinski definition) is 5. The predicted octanol–water partition coefficient (Wildman–Crippen LogP) is 2.81. The Labute approximate surface area is 119 Å². The van der Waals surface area contributed by atoms with Crippen molar-refractivity contribution < 1.29 is 4.74 Å². The molecule has 0 radical (unpaired) electrons. The predicted molar refractivity (Wildman–Crippen MR) is 76.1 cm³/mol. The lowest BCUT2D eigenvalue weighted by atomic mass is 10.0. The van der Waals surface area contributed by atoms with Gasteiger partial charge < -0.3 is 10.1 Å². The van der Waals surface area contributed by atoms with Crippen LogP contribution in [0.15, 0.2) is 28.9 Å². The van der Waals surface area contributed by atoms with E-state index in [2.05, 4.69) is 30.0 Å². The third kappa shape index (κ3) is 3.07. The van der Waals surface area contributed by atoms with Gasteiger partial charge in [0.1, 0.15) is 5.75 Å². The number of benzene rings is 1. The summed E-state index contributed by atoms with van der Waals surface area (Å²) in [7, 11) is 3.60. The van der Waals surface area contributed by atoms with Gasteiger partial charge in [0.25, 0.3) is 0 Å². The third-order valence-corrected chi connectivity index (χ3v) is 4.03. The summed E-state index contributed by atoms with van der Waals surface area (Å²) in [5.41, 5.74) is 2.15. The molecule has 6 heteroatoms. The molecule has 0 amide bonds. The Balaban J connectivity index is 2.21. The van der Waals surface area contributed by atoms with Crippen molar-refractivity contribution >= 4 is 27.7 Å². The number of nitrogens with zero attached hydrogens (tertiary/aromatic N) is 2. The largest absolute Gasteiger partial charge is 0.497 e. The van der Waals surface area contributed by atoms with Gasteiger partial charge in [0.05, 0.1) is 36.8 Å². The summed E-state index contributed by atoms with van der Waals surface area (Å²) in [6.45, 7) is 0. The first-order chi connectivity index (χ1) is 8.74. The number of nitrogens with one attached hydrogen (secondary N) is 1. The Morgan fingerprint density at radius 3 is 2.94 bits per heavy atom. The molecular weight excluding hydrogens is 314 g/mol. The number of rotatable bonds is 5. The van der Waals surface area contributed by atoms with E-state index < -0.39 is 0 Å². The summed E-state index contributed by atoms with van der Waals surface area (Å²) in [6, 6.07) is 6.13. The van der Waals surface area contributed by atoms with Crippen LogP contribution in [-0.2, 0) is 6.42 Å².